The smallest absolute Gasteiger partial charge is 0.319 e. The van der Waals surface area contributed by atoms with E-state index in [4.69, 9.17) is 16.9 Å². The molecule has 1 aliphatic rings. The molecule has 1 aromatic carbocycles. The zero-order valence-corrected chi connectivity index (χ0v) is 16.0. The minimum Gasteiger partial charge on any atom is -0.319 e. The third-order valence-corrected chi connectivity index (χ3v) is 5.06. The zero-order valence-electron chi connectivity index (χ0n) is 15.2. The van der Waals surface area contributed by atoms with Gasteiger partial charge in [-0.2, -0.15) is 5.26 Å². The van der Waals surface area contributed by atoms with Gasteiger partial charge < -0.3 is 5.32 Å². The van der Waals surface area contributed by atoms with Gasteiger partial charge in [-0.05, 0) is 36.8 Å². The molecule has 3 amide bonds. The number of nitrogens with one attached hydrogen (secondary N) is 1. The SMILES string of the molecule is CC1(c2cccc(C#N)c2)NC(=O)N(Cc2cc(=O)n3cc(Cl)ccc3n2)C1=O. The summed E-state index contributed by atoms with van der Waals surface area (Å²) >= 11 is 5.90. The third-order valence-electron chi connectivity index (χ3n) is 4.84. The van der Waals surface area contributed by atoms with Crippen LogP contribution < -0.4 is 10.9 Å². The van der Waals surface area contributed by atoms with Crippen molar-refractivity contribution in [1.82, 2.24) is 19.6 Å². The van der Waals surface area contributed by atoms with Crippen molar-refractivity contribution < 1.29 is 9.59 Å². The Morgan fingerprint density at radius 3 is 2.76 bits per heavy atom. The number of pyridine rings is 1. The summed E-state index contributed by atoms with van der Waals surface area (Å²) < 4.78 is 1.29. The summed E-state index contributed by atoms with van der Waals surface area (Å²) in [6, 6.07) is 12.4. The molecule has 3 heterocycles. The van der Waals surface area contributed by atoms with Crippen LogP contribution in [0, 0.1) is 11.3 Å². The molecule has 2 aromatic heterocycles. The van der Waals surface area contributed by atoms with Crippen LogP contribution in [0.5, 0.6) is 0 Å². The van der Waals surface area contributed by atoms with Crippen LogP contribution in [0.1, 0.15) is 23.7 Å². The van der Waals surface area contributed by atoms with E-state index in [0.29, 0.717) is 21.8 Å². The molecule has 1 saturated heterocycles. The summed E-state index contributed by atoms with van der Waals surface area (Å²) in [7, 11) is 0. The lowest BCUT2D eigenvalue weighted by atomic mass is 9.91. The van der Waals surface area contributed by atoms with Gasteiger partial charge in [0.25, 0.3) is 11.5 Å². The second-order valence-corrected chi connectivity index (χ2v) is 7.24. The molecular weight excluding hydrogens is 394 g/mol. The Kier molecular flexibility index (Phi) is 4.32. The number of urea groups is 1. The number of carbonyl (C=O) groups is 2. The van der Waals surface area contributed by atoms with Gasteiger partial charge in [0.2, 0.25) is 0 Å². The molecular formula is C20H14ClN5O3. The molecule has 0 saturated carbocycles. The maximum atomic E-state index is 13.1. The Balaban J connectivity index is 1.68. The molecule has 1 fully saturated rings. The molecule has 8 nitrogen and oxygen atoms in total. The van der Waals surface area contributed by atoms with Crippen LogP contribution in [0.25, 0.3) is 5.65 Å². The lowest BCUT2D eigenvalue weighted by Crippen LogP contribution is -2.41. The van der Waals surface area contributed by atoms with Gasteiger partial charge in [-0.25, -0.2) is 9.78 Å². The second kappa shape index (κ2) is 6.72. The van der Waals surface area contributed by atoms with E-state index in [0.717, 1.165) is 4.90 Å². The Morgan fingerprint density at radius 1 is 1.21 bits per heavy atom. The van der Waals surface area contributed by atoms with Crippen molar-refractivity contribution in [2.45, 2.75) is 19.0 Å². The predicted molar refractivity (Wildman–Crippen MR) is 104 cm³/mol. The summed E-state index contributed by atoms with van der Waals surface area (Å²) in [5, 5.41) is 12.2. The average Bonchev–Trinajstić information content (AvgIpc) is 2.93. The molecule has 1 atom stereocenters. The average molecular weight is 408 g/mol. The van der Waals surface area contributed by atoms with Crippen LogP contribution in [0.15, 0.2) is 53.5 Å². The number of carbonyl (C=O) groups excluding carboxylic acids is 2. The molecule has 1 N–H and O–H groups in total. The number of amides is 3. The van der Waals surface area contributed by atoms with Crippen LogP contribution >= 0.6 is 11.6 Å². The maximum Gasteiger partial charge on any atom is 0.325 e. The minimum atomic E-state index is -1.32. The summed E-state index contributed by atoms with van der Waals surface area (Å²) in [5.74, 6) is -0.490. The first-order valence-corrected chi connectivity index (χ1v) is 9.02. The van der Waals surface area contributed by atoms with Crippen molar-refractivity contribution >= 4 is 29.2 Å². The fourth-order valence-electron chi connectivity index (χ4n) is 3.31. The highest BCUT2D eigenvalue weighted by Gasteiger charge is 2.49. The maximum absolute atomic E-state index is 13.1. The number of benzene rings is 1. The summed E-state index contributed by atoms with van der Waals surface area (Å²) in [5.41, 5.74) is -0.178. The van der Waals surface area contributed by atoms with Gasteiger partial charge in [0, 0.05) is 12.3 Å². The molecule has 4 rings (SSSR count). The molecule has 29 heavy (non-hydrogen) atoms. The molecule has 9 heteroatoms. The Hall–Kier alpha value is -3.70. The van der Waals surface area contributed by atoms with Crippen molar-refractivity contribution in [2.24, 2.45) is 0 Å². The Labute approximate surface area is 170 Å². The molecule has 144 valence electrons. The predicted octanol–water partition coefficient (Wildman–Crippen LogP) is 2.19. The van der Waals surface area contributed by atoms with Crippen molar-refractivity contribution in [3.05, 3.63) is 80.9 Å². The number of rotatable bonds is 3. The number of hydrogen-bond donors (Lipinski definition) is 1. The first kappa shape index (κ1) is 18.7. The van der Waals surface area contributed by atoms with E-state index in [1.165, 1.54) is 16.7 Å². The Morgan fingerprint density at radius 2 is 2.00 bits per heavy atom. The van der Waals surface area contributed by atoms with Gasteiger partial charge in [0.15, 0.2) is 0 Å². The Bertz CT molecular complexity index is 1280. The highest BCUT2D eigenvalue weighted by atomic mass is 35.5. The van der Waals surface area contributed by atoms with Gasteiger partial charge in [-0.3, -0.25) is 18.9 Å². The normalized spacial score (nSPS) is 18.7. The van der Waals surface area contributed by atoms with Crippen molar-refractivity contribution in [3.63, 3.8) is 0 Å². The molecule has 0 aliphatic carbocycles. The summed E-state index contributed by atoms with van der Waals surface area (Å²) in [6.45, 7) is 1.42. The van der Waals surface area contributed by atoms with Crippen LogP contribution in [0.3, 0.4) is 0 Å². The van der Waals surface area contributed by atoms with Gasteiger partial charge in [-0.15, -0.1) is 0 Å². The summed E-state index contributed by atoms with van der Waals surface area (Å²) in [6.07, 6.45) is 1.45. The third kappa shape index (κ3) is 3.11. The number of hydrogen-bond acceptors (Lipinski definition) is 5. The number of halogens is 1. The van der Waals surface area contributed by atoms with Crippen LogP contribution in [0.4, 0.5) is 4.79 Å². The fraction of sp³-hybridized carbons (Fsp3) is 0.150. The van der Waals surface area contributed by atoms with Crippen LogP contribution in [-0.4, -0.2) is 26.2 Å². The number of fused-ring (bicyclic) bond motifs is 1. The number of aromatic nitrogens is 2. The van der Waals surface area contributed by atoms with Crippen molar-refractivity contribution in [2.75, 3.05) is 0 Å². The van der Waals surface area contributed by atoms with E-state index in [-0.39, 0.29) is 17.8 Å². The lowest BCUT2D eigenvalue weighted by molar-refractivity contribution is -0.131. The molecule has 0 spiro atoms. The van der Waals surface area contributed by atoms with E-state index in [1.54, 1.807) is 43.3 Å². The quantitative estimate of drug-likeness (QED) is 0.669. The van der Waals surface area contributed by atoms with E-state index in [2.05, 4.69) is 10.3 Å². The van der Waals surface area contributed by atoms with E-state index in [9.17, 15) is 14.4 Å². The van der Waals surface area contributed by atoms with Crippen LogP contribution in [0.2, 0.25) is 5.02 Å². The zero-order chi connectivity index (χ0) is 20.8. The largest absolute Gasteiger partial charge is 0.325 e. The number of nitrogens with zero attached hydrogens (tertiary/aromatic N) is 4. The topological polar surface area (TPSA) is 108 Å². The molecule has 1 unspecified atom stereocenters. The number of nitriles is 1. The molecule has 0 radical (unpaired) electrons. The van der Waals surface area contributed by atoms with Gasteiger partial charge in [0.05, 0.1) is 28.9 Å². The van der Waals surface area contributed by atoms with E-state index in [1.807, 2.05) is 6.07 Å². The first-order valence-electron chi connectivity index (χ1n) is 8.64. The van der Waals surface area contributed by atoms with Gasteiger partial charge in [0.1, 0.15) is 11.2 Å². The first-order chi connectivity index (χ1) is 13.8. The molecule has 0 bridgehead atoms. The van der Waals surface area contributed by atoms with E-state index < -0.39 is 17.5 Å². The monoisotopic (exact) mass is 407 g/mol. The highest BCUT2D eigenvalue weighted by Crippen LogP contribution is 2.30. The highest BCUT2D eigenvalue weighted by molar-refractivity contribution is 6.30. The van der Waals surface area contributed by atoms with E-state index >= 15 is 0 Å². The van der Waals surface area contributed by atoms with Gasteiger partial charge >= 0.3 is 6.03 Å². The molecule has 3 aromatic rings. The lowest BCUT2D eigenvalue weighted by Gasteiger charge is -2.22. The van der Waals surface area contributed by atoms with Crippen molar-refractivity contribution in [3.8, 4) is 6.07 Å². The minimum absolute atomic E-state index is 0.160. The molecule has 1 aliphatic heterocycles. The fourth-order valence-corrected chi connectivity index (χ4v) is 3.47. The van der Waals surface area contributed by atoms with Crippen LogP contribution in [-0.2, 0) is 16.9 Å². The summed E-state index contributed by atoms with van der Waals surface area (Å²) in [4.78, 5) is 43.3. The second-order valence-electron chi connectivity index (χ2n) is 6.80. The number of imide groups is 1. The van der Waals surface area contributed by atoms with Gasteiger partial charge in [-0.1, -0.05) is 23.7 Å². The standard InChI is InChI=1S/C20H14ClN5O3/c1-20(13-4-2-3-12(7-13)9-22)18(28)26(19(29)24-20)11-15-8-17(27)25-10-14(21)5-6-16(25)23-15/h2-8,10H,11H2,1H3,(H,24,29). The van der Waals surface area contributed by atoms with Crippen molar-refractivity contribution in [1.29, 1.82) is 5.26 Å².